The van der Waals surface area contributed by atoms with Crippen molar-refractivity contribution in [3.63, 3.8) is 0 Å². The van der Waals surface area contributed by atoms with Gasteiger partial charge in [-0.3, -0.25) is 10.1 Å². The topological polar surface area (TPSA) is 131 Å². The molecule has 0 aromatic heterocycles. The molecule has 3 rings (SSSR count). The van der Waals surface area contributed by atoms with Gasteiger partial charge in [-0.25, -0.2) is 4.79 Å². The maximum absolute atomic E-state index is 12.3. The molecule has 9 nitrogen and oxygen atoms in total. The third kappa shape index (κ3) is 5.69. The van der Waals surface area contributed by atoms with Crippen LogP contribution in [0.2, 0.25) is 0 Å². The smallest absolute Gasteiger partial charge is 0.407 e. The number of likely N-dealkylation sites (tertiary alicyclic amines) is 1. The van der Waals surface area contributed by atoms with E-state index in [1.807, 2.05) is 30.3 Å². The third-order valence-electron chi connectivity index (χ3n) is 4.76. The fraction of sp³-hybridized carbons (Fsp3) is 0.333. The highest BCUT2D eigenvalue weighted by Crippen LogP contribution is 2.17. The summed E-state index contributed by atoms with van der Waals surface area (Å²) in [7, 11) is 0. The number of rotatable bonds is 8. The molecule has 2 aromatic carbocycles. The van der Waals surface area contributed by atoms with Gasteiger partial charge in [0.2, 0.25) is 0 Å². The summed E-state index contributed by atoms with van der Waals surface area (Å²) < 4.78 is 5.09. The summed E-state index contributed by atoms with van der Waals surface area (Å²) in [6.45, 7) is 0.415. The molecule has 5 N–H and O–H groups in total. The highest BCUT2D eigenvalue weighted by atomic mass is 16.6. The Kier molecular flexibility index (Phi) is 7.23. The molecule has 0 saturated carbocycles. The van der Waals surface area contributed by atoms with Crippen LogP contribution in [-0.4, -0.2) is 70.3 Å². The van der Waals surface area contributed by atoms with Crippen LogP contribution < -0.4 is 10.6 Å². The molecule has 0 bridgehead atoms. The zero-order valence-corrected chi connectivity index (χ0v) is 16.3. The maximum atomic E-state index is 12.3. The molecular formula is C21H25N3O6. The lowest BCUT2D eigenvalue weighted by molar-refractivity contribution is -0.0536. The Morgan fingerprint density at radius 3 is 2.40 bits per heavy atom. The SMILES string of the molecule is O=C(NCc1ccccc1)O[C@@H](CO)[C@H](O)NC1CN(C(=O)c2ccc(O)cc2)C1. The van der Waals surface area contributed by atoms with Crippen LogP contribution in [0.25, 0.3) is 0 Å². The van der Waals surface area contributed by atoms with Crippen molar-refractivity contribution in [3.05, 3.63) is 65.7 Å². The molecule has 1 fully saturated rings. The zero-order valence-electron chi connectivity index (χ0n) is 16.3. The first-order valence-electron chi connectivity index (χ1n) is 9.58. The van der Waals surface area contributed by atoms with Crippen LogP contribution in [0.1, 0.15) is 15.9 Å². The van der Waals surface area contributed by atoms with E-state index in [0.29, 0.717) is 18.7 Å². The van der Waals surface area contributed by atoms with Crippen LogP contribution in [0.3, 0.4) is 0 Å². The average molecular weight is 415 g/mol. The molecule has 1 saturated heterocycles. The minimum atomic E-state index is -1.28. The Bertz CT molecular complexity index is 840. The van der Waals surface area contributed by atoms with Crippen LogP contribution in [0.4, 0.5) is 4.79 Å². The quantitative estimate of drug-likeness (QED) is 0.395. The summed E-state index contributed by atoms with van der Waals surface area (Å²) in [6.07, 6.45) is -3.19. The average Bonchev–Trinajstić information content (AvgIpc) is 2.73. The lowest BCUT2D eigenvalue weighted by Crippen LogP contribution is -2.63. The molecule has 2 amide bonds. The number of ether oxygens (including phenoxy) is 1. The van der Waals surface area contributed by atoms with Crippen molar-refractivity contribution in [3.8, 4) is 5.75 Å². The Morgan fingerprint density at radius 1 is 1.10 bits per heavy atom. The summed E-state index contributed by atoms with van der Waals surface area (Å²) >= 11 is 0. The standard InChI is InChI=1S/C21H25N3O6/c25-13-18(30-21(29)22-10-14-4-2-1-3-5-14)19(27)23-16-11-24(12-16)20(28)15-6-8-17(26)9-7-15/h1-9,16,18-19,23,25-27H,10-13H2,(H,22,29)/t18-,19-/m0/s1. The van der Waals surface area contributed by atoms with Gasteiger partial charge in [0.05, 0.1) is 6.61 Å². The maximum Gasteiger partial charge on any atom is 0.407 e. The van der Waals surface area contributed by atoms with Gasteiger partial charge in [-0.1, -0.05) is 30.3 Å². The lowest BCUT2D eigenvalue weighted by atomic mass is 10.1. The second kappa shape index (κ2) is 10.1. The van der Waals surface area contributed by atoms with E-state index in [-0.39, 0.29) is 24.2 Å². The fourth-order valence-electron chi connectivity index (χ4n) is 3.04. The molecule has 30 heavy (non-hydrogen) atoms. The number of amides is 2. The van der Waals surface area contributed by atoms with Crippen molar-refractivity contribution in [2.24, 2.45) is 0 Å². The number of aliphatic hydroxyl groups excluding tert-OH is 2. The first-order chi connectivity index (χ1) is 14.5. The second-order valence-corrected chi connectivity index (χ2v) is 7.03. The molecular weight excluding hydrogens is 390 g/mol. The van der Waals surface area contributed by atoms with E-state index in [1.165, 1.54) is 24.3 Å². The third-order valence-corrected chi connectivity index (χ3v) is 4.76. The molecule has 2 atom stereocenters. The molecule has 1 aliphatic rings. The van der Waals surface area contributed by atoms with Crippen molar-refractivity contribution < 1.29 is 29.6 Å². The van der Waals surface area contributed by atoms with Crippen LogP contribution in [0, 0.1) is 0 Å². The predicted octanol–water partition coefficient (Wildman–Crippen LogP) is 0.412. The highest BCUT2D eigenvalue weighted by molar-refractivity contribution is 5.94. The van der Waals surface area contributed by atoms with Crippen molar-refractivity contribution >= 4 is 12.0 Å². The molecule has 0 radical (unpaired) electrons. The summed E-state index contributed by atoms with van der Waals surface area (Å²) in [5, 5.41) is 34.4. The number of hydrogen-bond donors (Lipinski definition) is 5. The van der Waals surface area contributed by atoms with Gasteiger partial charge in [0.1, 0.15) is 12.0 Å². The molecule has 1 aliphatic heterocycles. The Morgan fingerprint density at radius 2 is 1.77 bits per heavy atom. The fourth-order valence-corrected chi connectivity index (χ4v) is 3.04. The van der Waals surface area contributed by atoms with Crippen LogP contribution in [-0.2, 0) is 11.3 Å². The number of phenols is 1. The molecule has 0 spiro atoms. The number of nitrogens with one attached hydrogen (secondary N) is 2. The minimum Gasteiger partial charge on any atom is -0.508 e. The van der Waals surface area contributed by atoms with E-state index >= 15 is 0 Å². The molecule has 0 unspecified atom stereocenters. The first-order valence-corrected chi connectivity index (χ1v) is 9.58. The van der Waals surface area contributed by atoms with E-state index in [9.17, 15) is 24.9 Å². The van der Waals surface area contributed by atoms with Crippen molar-refractivity contribution in [1.82, 2.24) is 15.5 Å². The summed E-state index contributed by atoms with van der Waals surface area (Å²) in [4.78, 5) is 25.8. The second-order valence-electron chi connectivity index (χ2n) is 7.03. The van der Waals surface area contributed by atoms with Crippen molar-refractivity contribution in [2.45, 2.75) is 24.9 Å². The lowest BCUT2D eigenvalue weighted by Gasteiger charge is -2.41. The van der Waals surface area contributed by atoms with Crippen molar-refractivity contribution in [1.29, 1.82) is 0 Å². The Labute approximate surface area is 173 Å². The first kappa shape index (κ1) is 21.6. The molecule has 9 heteroatoms. The van der Waals surface area contributed by atoms with Crippen LogP contribution >= 0.6 is 0 Å². The number of carbonyl (C=O) groups is 2. The van der Waals surface area contributed by atoms with E-state index in [2.05, 4.69) is 10.6 Å². The monoisotopic (exact) mass is 415 g/mol. The normalized spacial score (nSPS) is 15.7. The van der Waals surface area contributed by atoms with Crippen molar-refractivity contribution in [2.75, 3.05) is 19.7 Å². The predicted molar refractivity (Wildman–Crippen MR) is 108 cm³/mol. The number of carbonyl (C=O) groups excluding carboxylic acids is 2. The van der Waals surface area contributed by atoms with Gasteiger partial charge < -0.3 is 30.3 Å². The Balaban J connectivity index is 1.41. The van der Waals surface area contributed by atoms with Crippen LogP contribution in [0.15, 0.2) is 54.6 Å². The van der Waals surface area contributed by atoms with E-state index in [1.54, 1.807) is 4.90 Å². The molecule has 1 heterocycles. The Hall–Kier alpha value is -3.14. The van der Waals surface area contributed by atoms with Gasteiger partial charge in [0.25, 0.3) is 5.91 Å². The largest absolute Gasteiger partial charge is 0.508 e. The number of hydrogen-bond acceptors (Lipinski definition) is 7. The number of phenolic OH excluding ortho intramolecular Hbond substituents is 1. The molecule has 2 aromatic rings. The number of benzene rings is 2. The van der Waals surface area contributed by atoms with Gasteiger partial charge in [-0.2, -0.15) is 0 Å². The van der Waals surface area contributed by atoms with Gasteiger partial charge in [0, 0.05) is 31.2 Å². The summed E-state index contributed by atoms with van der Waals surface area (Å²) in [5.41, 5.74) is 1.35. The summed E-state index contributed by atoms with van der Waals surface area (Å²) in [5.74, 6) is -0.0986. The van der Waals surface area contributed by atoms with Gasteiger partial charge in [-0.05, 0) is 29.8 Å². The van der Waals surface area contributed by atoms with Gasteiger partial charge >= 0.3 is 6.09 Å². The van der Waals surface area contributed by atoms with Crippen LogP contribution in [0.5, 0.6) is 5.75 Å². The molecule has 0 aliphatic carbocycles. The van der Waals surface area contributed by atoms with Gasteiger partial charge in [0.15, 0.2) is 6.10 Å². The van der Waals surface area contributed by atoms with E-state index in [0.717, 1.165) is 5.56 Å². The number of alkyl carbamates (subject to hydrolysis) is 1. The highest BCUT2D eigenvalue weighted by Gasteiger charge is 2.34. The number of aliphatic hydroxyl groups is 2. The zero-order chi connectivity index (χ0) is 21.5. The minimum absolute atomic E-state index is 0.0840. The number of nitrogens with zero attached hydrogens (tertiary/aromatic N) is 1. The molecule has 160 valence electrons. The van der Waals surface area contributed by atoms with E-state index in [4.69, 9.17) is 4.74 Å². The van der Waals surface area contributed by atoms with E-state index < -0.39 is 25.0 Å². The van der Waals surface area contributed by atoms with Gasteiger partial charge in [-0.15, -0.1) is 0 Å². The number of aromatic hydroxyl groups is 1. The summed E-state index contributed by atoms with van der Waals surface area (Å²) in [6, 6.07) is 15.0.